The first kappa shape index (κ1) is 13.0. The fraction of sp³-hybridized carbons (Fsp3) is 0.294. The Morgan fingerprint density at radius 3 is 2.55 bits per heavy atom. The van der Waals surface area contributed by atoms with Gasteiger partial charge >= 0.3 is 0 Å². The van der Waals surface area contributed by atoms with Crippen molar-refractivity contribution in [1.29, 1.82) is 0 Å². The monoisotopic (exact) mass is 268 g/mol. The molecule has 1 N–H and O–H groups in total. The lowest BCUT2D eigenvalue weighted by Gasteiger charge is -2.29. The molecule has 20 heavy (non-hydrogen) atoms. The SMILES string of the molecule is c1ccc(CNc2cccc(N3CCOCC3)c2)cc1. The summed E-state index contributed by atoms with van der Waals surface area (Å²) >= 11 is 0. The van der Waals surface area contributed by atoms with E-state index in [-0.39, 0.29) is 0 Å². The third kappa shape index (κ3) is 3.31. The van der Waals surface area contributed by atoms with Crippen LogP contribution in [-0.2, 0) is 11.3 Å². The summed E-state index contributed by atoms with van der Waals surface area (Å²) in [6.45, 7) is 4.45. The predicted octanol–water partition coefficient (Wildman–Crippen LogP) is 3.14. The number of rotatable bonds is 4. The highest BCUT2D eigenvalue weighted by atomic mass is 16.5. The van der Waals surface area contributed by atoms with Crippen LogP contribution in [-0.4, -0.2) is 26.3 Å². The van der Waals surface area contributed by atoms with Gasteiger partial charge in [0.1, 0.15) is 0 Å². The second-order valence-electron chi connectivity index (χ2n) is 4.99. The van der Waals surface area contributed by atoms with Gasteiger partial charge in [-0.05, 0) is 23.8 Å². The van der Waals surface area contributed by atoms with Crippen molar-refractivity contribution in [2.45, 2.75) is 6.54 Å². The van der Waals surface area contributed by atoms with E-state index in [0.29, 0.717) is 0 Å². The standard InChI is InChI=1S/C17H20N2O/c1-2-5-15(6-3-1)14-18-16-7-4-8-17(13-16)19-9-11-20-12-10-19/h1-8,13,18H,9-12,14H2. The number of morpholine rings is 1. The Hall–Kier alpha value is -2.00. The fourth-order valence-corrected chi connectivity index (χ4v) is 2.43. The maximum absolute atomic E-state index is 5.40. The van der Waals surface area contributed by atoms with Crippen molar-refractivity contribution in [1.82, 2.24) is 0 Å². The number of benzene rings is 2. The van der Waals surface area contributed by atoms with Crippen molar-refractivity contribution in [3.05, 3.63) is 60.2 Å². The normalized spacial score (nSPS) is 15.1. The highest BCUT2D eigenvalue weighted by Crippen LogP contribution is 2.20. The van der Waals surface area contributed by atoms with Crippen LogP contribution < -0.4 is 10.2 Å². The highest BCUT2D eigenvalue weighted by molar-refractivity contribution is 5.58. The van der Waals surface area contributed by atoms with Crippen LogP contribution in [0.2, 0.25) is 0 Å². The Kier molecular flexibility index (Phi) is 4.19. The van der Waals surface area contributed by atoms with Crippen LogP contribution in [0.1, 0.15) is 5.56 Å². The number of ether oxygens (including phenoxy) is 1. The summed E-state index contributed by atoms with van der Waals surface area (Å²) in [5, 5.41) is 3.48. The summed E-state index contributed by atoms with van der Waals surface area (Å²) in [7, 11) is 0. The minimum absolute atomic E-state index is 0.821. The third-order valence-corrected chi connectivity index (χ3v) is 3.56. The Bertz CT molecular complexity index is 536. The Morgan fingerprint density at radius 2 is 1.75 bits per heavy atom. The fourth-order valence-electron chi connectivity index (χ4n) is 2.43. The molecule has 3 heteroatoms. The van der Waals surface area contributed by atoms with Gasteiger partial charge in [0.2, 0.25) is 0 Å². The molecule has 1 saturated heterocycles. The Labute approximate surface area is 120 Å². The molecule has 104 valence electrons. The molecule has 2 aromatic carbocycles. The van der Waals surface area contributed by atoms with E-state index in [4.69, 9.17) is 4.74 Å². The Morgan fingerprint density at radius 1 is 0.950 bits per heavy atom. The zero-order valence-corrected chi connectivity index (χ0v) is 11.6. The molecule has 1 heterocycles. The number of anilines is 2. The smallest absolute Gasteiger partial charge is 0.0642 e. The average Bonchev–Trinajstić information content (AvgIpc) is 2.55. The second-order valence-corrected chi connectivity index (χ2v) is 4.99. The molecule has 3 rings (SSSR count). The van der Waals surface area contributed by atoms with Gasteiger partial charge in [0.05, 0.1) is 13.2 Å². The van der Waals surface area contributed by atoms with Crippen LogP contribution in [0.3, 0.4) is 0 Å². The maximum Gasteiger partial charge on any atom is 0.0642 e. The lowest BCUT2D eigenvalue weighted by Crippen LogP contribution is -2.36. The molecule has 1 aliphatic heterocycles. The summed E-state index contributed by atoms with van der Waals surface area (Å²) in [4.78, 5) is 2.37. The summed E-state index contributed by atoms with van der Waals surface area (Å²) in [5.74, 6) is 0. The number of hydrogen-bond donors (Lipinski definition) is 1. The lowest BCUT2D eigenvalue weighted by molar-refractivity contribution is 0.122. The van der Waals surface area contributed by atoms with E-state index in [1.54, 1.807) is 0 Å². The molecule has 2 aromatic rings. The summed E-state index contributed by atoms with van der Waals surface area (Å²) in [6, 6.07) is 19.1. The molecule has 0 aliphatic carbocycles. The summed E-state index contributed by atoms with van der Waals surface area (Å²) in [6.07, 6.45) is 0. The van der Waals surface area contributed by atoms with E-state index in [2.05, 4.69) is 58.7 Å². The maximum atomic E-state index is 5.40. The first-order valence-corrected chi connectivity index (χ1v) is 7.12. The van der Waals surface area contributed by atoms with Gasteiger partial charge in [0.25, 0.3) is 0 Å². The third-order valence-electron chi connectivity index (χ3n) is 3.56. The van der Waals surface area contributed by atoms with Crippen molar-refractivity contribution >= 4 is 11.4 Å². The first-order valence-electron chi connectivity index (χ1n) is 7.12. The van der Waals surface area contributed by atoms with E-state index >= 15 is 0 Å². The quantitative estimate of drug-likeness (QED) is 0.922. The molecule has 0 saturated carbocycles. The van der Waals surface area contributed by atoms with E-state index < -0.39 is 0 Å². The van der Waals surface area contributed by atoms with E-state index in [0.717, 1.165) is 38.5 Å². The van der Waals surface area contributed by atoms with Crippen LogP contribution >= 0.6 is 0 Å². The molecule has 0 spiro atoms. The van der Waals surface area contributed by atoms with Crippen LogP contribution in [0.5, 0.6) is 0 Å². The van der Waals surface area contributed by atoms with Crippen molar-refractivity contribution in [2.24, 2.45) is 0 Å². The van der Waals surface area contributed by atoms with Gasteiger partial charge in [-0.25, -0.2) is 0 Å². The van der Waals surface area contributed by atoms with Crippen LogP contribution in [0.25, 0.3) is 0 Å². The van der Waals surface area contributed by atoms with Gasteiger partial charge < -0.3 is 15.0 Å². The molecule has 0 bridgehead atoms. The number of nitrogens with zero attached hydrogens (tertiary/aromatic N) is 1. The lowest BCUT2D eigenvalue weighted by atomic mass is 10.2. The van der Waals surface area contributed by atoms with E-state index in [9.17, 15) is 0 Å². The van der Waals surface area contributed by atoms with Crippen LogP contribution in [0.15, 0.2) is 54.6 Å². The first-order chi connectivity index (χ1) is 9.92. The summed E-state index contributed by atoms with van der Waals surface area (Å²) < 4.78 is 5.40. The molecule has 0 radical (unpaired) electrons. The van der Waals surface area contributed by atoms with Gasteiger partial charge in [-0.3, -0.25) is 0 Å². The molecular weight excluding hydrogens is 248 g/mol. The van der Waals surface area contributed by atoms with Crippen molar-refractivity contribution < 1.29 is 4.74 Å². The van der Waals surface area contributed by atoms with Gasteiger partial charge in [0.15, 0.2) is 0 Å². The minimum atomic E-state index is 0.821. The molecule has 0 aromatic heterocycles. The zero-order chi connectivity index (χ0) is 13.6. The Balaban J connectivity index is 1.65. The zero-order valence-electron chi connectivity index (χ0n) is 11.6. The van der Waals surface area contributed by atoms with E-state index in [1.807, 2.05) is 6.07 Å². The van der Waals surface area contributed by atoms with Crippen molar-refractivity contribution in [3.63, 3.8) is 0 Å². The topological polar surface area (TPSA) is 24.5 Å². The average molecular weight is 268 g/mol. The van der Waals surface area contributed by atoms with E-state index in [1.165, 1.54) is 11.3 Å². The molecule has 0 amide bonds. The van der Waals surface area contributed by atoms with Gasteiger partial charge in [-0.1, -0.05) is 36.4 Å². The molecule has 1 fully saturated rings. The van der Waals surface area contributed by atoms with Gasteiger partial charge in [-0.2, -0.15) is 0 Å². The molecule has 1 aliphatic rings. The van der Waals surface area contributed by atoms with Gasteiger partial charge in [-0.15, -0.1) is 0 Å². The minimum Gasteiger partial charge on any atom is -0.381 e. The highest BCUT2D eigenvalue weighted by Gasteiger charge is 2.11. The largest absolute Gasteiger partial charge is 0.381 e. The van der Waals surface area contributed by atoms with Crippen LogP contribution in [0, 0.1) is 0 Å². The summed E-state index contributed by atoms with van der Waals surface area (Å²) in [5.41, 5.74) is 3.73. The molecule has 3 nitrogen and oxygen atoms in total. The van der Waals surface area contributed by atoms with Crippen molar-refractivity contribution in [2.75, 3.05) is 36.5 Å². The molecule has 0 unspecified atom stereocenters. The predicted molar refractivity (Wildman–Crippen MR) is 83.2 cm³/mol. The molecular formula is C17H20N2O. The van der Waals surface area contributed by atoms with Crippen molar-refractivity contribution in [3.8, 4) is 0 Å². The number of nitrogens with one attached hydrogen (secondary N) is 1. The van der Waals surface area contributed by atoms with Crippen LogP contribution in [0.4, 0.5) is 11.4 Å². The second kappa shape index (κ2) is 6.44. The molecule has 0 atom stereocenters. The number of hydrogen-bond acceptors (Lipinski definition) is 3. The van der Waals surface area contributed by atoms with Gasteiger partial charge in [0, 0.05) is 31.0 Å².